The second kappa shape index (κ2) is 17.4. The van der Waals surface area contributed by atoms with Gasteiger partial charge >= 0.3 is 17.1 Å². The first-order chi connectivity index (χ1) is 11.1. The summed E-state index contributed by atoms with van der Waals surface area (Å²) in [5.41, 5.74) is 0. The molecule has 2 aliphatic carbocycles. The summed E-state index contributed by atoms with van der Waals surface area (Å²) in [4.78, 5) is 0. The van der Waals surface area contributed by atoms with Gasteiger partial charge in [-0.25, -0.2) is 0 Å². The molecule has 0 N–H and O–H groups in total. The van der Waals surface area contributed by atoms with Crippen LogP contribution < -0.4 is 0 Å². The molecule has 2 saturated carbocycles. The Labute approximate surface area is 196 Å². The fourth-order valence-corrected chi connectivity index (χ4v) is 4.79. The molecular weight excluding hydrogens is 498 g/mol. The maximum atomic E-state index is 8.75. The zero-order valence-corrected chi connectivity index (χ0v) is 23.5. The first-order valence-electron chi connectivity index (χ1n) is 9.65. The van der Waals surface area contributed by atoms with E-state index in [1.165, 1.54) is 0 Å². The molecule has 1 radical (unpaired) electrons. The van der Waals surface area contributed by atoms with Crippen LogP contribution >= 0.6 is 31.0 Å². The average molecular weight is 548 g/mol. The molecule has 2 aliphatic rings. The Morgan fingerprint density at radius 2 is 0.500 bits per heavy atom. The van der Waals surface area contributed by atoms with Gasteiger partial charge in [0.1, 0.15) is 0 Å². The maximum absolute atomic E-state index is 8.75. The van der Waals surface area contributed by atoms with Crippen LogP contribution in [0.15, 0.2) is 0 Å². The number of hydrogen-bond donors (Lipinski definition) is 1. The summed E-state index contributed by atoms with van der Waals surface area (Å²) < 4.78 is 13.0. The molecule has 4 heteroatoms. The third-order valence-corrected chi connectivity index (χ3v) is 8.29. The molecule has 0 heterocycles. The molecule has 0 bridgehead atoms. The third-order valence-electron chi connectivity index (χ3n) is 8.29. The second-order valence-corrected chi connectivity index (χ2v) is 8.59. The molecule has 0 aliphatic heterocycles. The summed E-state index contributed by atoms with van der Waals surface area (Å²) in [6.45, 7) is 24.0. The van der Waals surface area contributed by atoms with Crippen LogP contribution in [0.5, 0.6) is 0 Å². The Bertz CT molecular complexity index is 205. The van der Waals surface area contributed by atoms with Crippen LogP contribution in [-0.4, -0.2) is 1.45 Å². The van der Waals surface area contributed by atoms with Crippen LogP contribution in [0.1, 0.15) is 69.2 Å². The fraction of sp³-hybridized carbons (Fsp3) is 0.909. The van der Waals surface area contributed by atoms with Gasteiger partial charge in [-0.1, -0.05) is 69.2 Å². The van der Waals surface area contributed by atoms with Crippen molar-refractivity contribution in [3.63, 3.8) is 0 Å². The first-order valence-corrected chi connectivity index (χ1v) is 12.5. The summed E-state index contributed by atoms with van der Waals surface area (Å²) in [5, 5.41) is 0. The zero-order valence-electron chi connectivity index (χ0n) is 20.3. The van der Waals surface area contributed by atoms with E-state index in [1.807, 2.05) is 21.2 Å². The molecule has 0 unspecified atom stereocenters. The first kappa shape index (κ1) is 35.0. The van der Waals surface area contributed by atoms with Crippen LogP contribution in [0.25, 0.3) is 0 Å². The molecule has 0 amide bonds. The Kier molecular flexibility index (Phi) is 23.4. The van der Waals surface area contributed by atoms with E-state index in [2.05, 4.69) is 80.5 Å². The van der Waals surface area contributed by atoms with Gasteiger partial charge in [-0.3, -0.25) is 4.72 Å². The van der Waals surface area contributed by atoms with Crippen LogP contribution in [0.3, 0.4) is 0 Å². The molecule has 2 rings (SSSR count). The number of hydrogen-bond acceptors (Lipinski definition) is 1. The third kappa shape index (κ3) is 8.91. The molecule has 26 heavy (non-hydrogen) atoms. The van der Waals surface area contributed by atoms with E-state index < -0.39 is 0 Å². The minimum absolute atomic E-state index is 0. The van der Waals surface area contributed by atoms with E-state index in [0.29, 0.717) is 0 Å². The van der Waals surface area contributed by atoms with Gasteiger partial charge in [0.15, 0.2) is 0 Å². The van der Waals surface area contributed by atoms with Crippen molar-refractivity contribution in [1.82, 2.24) is 0 Å². The standard InChI is InChI=1S/2C10H20.2CH3.FH.Fe.HIS/c2*1-6-7(2)9(4)10(5)8(6)3;;;;;1-2/h2*6-10H,1-5H3;2*1H3;1H;;2H/q;;2*-1;;+3;/i/hT. The van der Waals surface area contributed by atoms with Crippen LogP contribution in [0, 0.1) is 74.0 Å². The fourth-order valence-electron chi connectivity index (χ4n) is 4.79. The van der Waals surface area contributed by atoms with Gasteiger partial charge in [-0.05, 0) is 80.4 Å². The minimum atomic E-state index is 0. The molecule has 0 spiro atoms. The topological polar surface area (TPSA) is 0 Å². The van der Waals surface area contributed by atoms with E-state index in [1.54, 1.807) is 0 Å². The van der Waals surface area contributed by atoms with E-state index in [0.717, 1.165) is 59.2 Å². The molecule has 0 atom stereocenters. The quantitative estimate of drug-likeness (QED) is 0.133. The molecule has 2 fully saturated rings. The van der Waals surface area contributed by atoms with Crippen LogP contribution in [0.4, 0.5) is 4.72 Å². The van der Waals surface area contributed by atoms with Crippen molar-refractivity contribution in [2.45, 2.75) is 69.2 Å². The Hall–Kier alpha value is 1.53. The average Bonchev–Trinajstić information content (AvgIpc) is 2.89. The second-order valence-electron chi connectivity index (χ2n) is 8.59. The summed E-state index contributed by atoms with van der Waals surface area (Å²) in [6, 6.07) is 0. The Balaban J connectivity index is -0.0000000921. The summed E-state index contributed by atoms with van der Waals surface area (Å²) >= 11 is 1.84. The maximum Gasteiger partial charge on any atom is 3.00 e. The number of halogens is 2. The molecule has 0 aromatic rings. The molecule has 0 saturated heterocycles. The SMILES string of the molecule is CC1C(C)C(C)C(C)C1C.CC1C(C)C(C)C(C)C1C.SI.[3H]F.[CH3-].[CH3-].[Fe+3]. The predicted octanol–water partition coefficient (Wildman–Crippen LogP) is 8.68. The van der Waals surface area contributed by atoms with E-state index >= 15 is 0 Å². The van der Waals surface area contributed by atoms with Crippen molar-refractivity contribution in [3.8, 4) is 0 Å². The largest absolute Gasteiger partial charge is 3.00 e. The van der Waals surface area contributed by atoms with E-state index in [-0.39, 0.29) is 31.9 Å². The normalized spacial score (nSPS) is 43.2. The van der Waals surface area contributed by atoms with Crippen molar-refractivity contribution < 1.29 is 21.8 Å². The van der Waals surface area contributed by atoms with E-state index in [9.17, 15) is 0 Å². The van der Waals surface area contributed by atoms with Gasteiger partial charge in [-0.15, -0.1) is 9.80 Å². The van der Waals surface area contributed by atoms with Gasteiger partial charge in [0.25, 0.3) is 1.45 Å². The van der Waals surface area contributed by atoms with Crippen LogP contribution in [-0.2, 0) is 17.1 Å². The van der Waals surface area contributed by atoms with Crippen LogP contribution in [0.2, 0.25) is 0 Å². The van der Waals surface area contributed by atoms with Gasteiger partial charge in [0.05, 0.1) is 0 Å². The van der Waals surface area contributed by atoms with E-state index in [4.69, 9.17) is 4.72 Å². The molecular formula is C22H48FFeIS+. The minimum Gasteiger partial charge on any atom is -0.358 e. The number of rotatable bonds is 0. The summed E-state index contributed by atoms with van der Waals surface area (Å²) in [6.07, 6.45) is 0. The van der Waals surface area contributed by atoms with Crippen molar-refractivity contribution in [2.24, 2.45) is 59.2 Å². The Morgan fingerprint density at radius 3 is 0.538 bits per heavy atom. The predicted molar refractivity (Wildman–Crippen MR) is 130 cm³/mol. The number of thiol groups is 1. The van der Waals surface area contributed by atoms with Gasteiger partial charge < -0.3 is 14.9 Å². The molecule has 0 aromatic heterocycles. The zero-order chi connectivity index (χ0) is 19.8. The summed E-state index contributed by atoms with van der Waals surface area (Å²) in [5.74, 6) is 9.35. The van der Waals surface area contributed by atoms with Crippen molar-refractivity contribution in [3.05, 3.63) is 14.9 Å². The molecule has 0 aromatic carbocycles. The monoisotopic (exact) mass is 548 g/mol. The molecule has 0 nitrogen and oxygen atoms in total. The Morgan fingerprint density at radius 1 is 0.462 bits per heavy atom. The van der Waals surface area contributed by atoms with Gasteiger partial charge in [-0.2, -0.15) is 0 Å². The van der Waals surface area contributed by atoms with Crippen molar-refractivity contribution in [1.29, 1.82) is 1.45 Å². The van der Waals surface area contributed by atoms with Crippen molar-refractivity contribution in [2.75, 3.05) is 0 Å². The smallest absolute Gasteiger partial charge is 0.358 e. The van der Waals surface area contributed by atoms with Gasteiger partial charge in [0.2, 0.25) is 0 Å². The van der Waals surface area contributed by atoms with Gasteiger partial charge in [0, 0.05) is 0 Å². The summed E-state index contributed by atoms with van der Waals surface area (Å²) in [7, 11) is 3.50. The van der Waals surface area contributed by atoms with Crippen molar-refractivity contribution >= 4 is 31.0 Å². The molecule has 163 valence electrons.